The Kier molecular flexibility index (Phi) is 5.32. The van der Waals surface area contributed by atoms with Crippen LogP contribution in [-0.4, -0.2) is 30.3 Å². The molecule has 0 saturated carbocycles. The molecule has 4 nitrogen and oxygen atoms in total. The number of carbonyl (C=O) groups excluding carboxylic acids is 1. The SMILES string of the molecule is C#CC(C)(C)NCCNC(=O)OC(C)(C)C. The summed E-state index contributed by atoms with van der Waals surface area (Å²) in [5.41, 5.74) is -0.814. The molecular weight excluding hydrogens is 204 g/mol. The number of amides is 1. The van der Waals surface area contributed by atoms with Crippen LogP contribution in [0.3, 0.4) is 0 Å². The smallest absolute Gasteiger partial charge is 0.407 e. The zero-order chi connectivity index (χ0) is 12.8. The second kappa shape index (κ2) is 5.76. The fraction of sp³-hybridized carbons (Fsp3) is 0.750. The Balaban J connectivity index is 3.69. The van der Waals surface area contributed by atoms with E-state index in [0.29, 0.717) is 13.1 Å². The molecule has 2 N–H and O–H groups in total. The van der Waals surface area contributed by atoms with Crippen LogP contribution >= 0.6 is 0 Å². The van der Waals surface area contributed by atoms with E-state index in [1.54, 1.807) is 0 Å². The summed E-state index contributed by atoms with van der Waals surface area (Å²) < 4.78 is 5.08. The van der Waals surface area contributed by atoms with Crippen LogP contribution in [0.25, 0.3) is 0 Å². The highest BCUT2D eigenvalue weighted by atomic mass is 16.6. The van der Waals surface area contributed by atoms with Crippen molar-refractivity contribution in [2.45, 2.75) is 45.8 Å². The van der Waals surface area contributed by atoms with Crippen molar-refractivity contribution in [3.05, 3.63) is 0 Å². The second-order valence-electron chi connectivity index (χ2n) is 5.12. The molecule has 0 atom stereocenters. The fourth-order valence-electron chi connectivity index (χ4n) is 0.905. The van der Waals surface area contributed by atoms with Crippen molar-refractivity contribution in [3.8, 4) is 12.3 Å². The molecule has 0 heterocycles. The Labute approximate surface area is 98.1 Å². The van der Waals surface area contributed by atoms with Crippen molar-refractivity contribution in [3.63, 3.8) is 0 Å². The predicted octanol–water partition coefficient (Wildman–Crippen LogP) is 1.51. The maximum Gasteiger partial charge on any atom is 0.407 e. The van der Waals surface area contributed by atoms with Crippen molar-refractivity contribution >= 4 is 6.09 Å². The first-order valence-corrected chi connectivity index (χ1v) is 5.36. The van der Waals surface area contributed by atoms with E-state index >= 15 is 0 Å². The monoisotopic (exact) mass is 226 g/mol. The molecule has 16 heavy (non-hydrogen) atoms. The molecule has 1 amide bonds. The van der Waals surface area contributed by atoms with Gasteiger partial charge in [-0.15, -0.1) is 6.42 Å². The van der Waals surface area contributed by atoms with Gasteiger partial charge in [-0.05, 0) is 34.6 Å². The summed E-state index contributed by atoms with van der Waals surface area (Å²) in [6.45, 7) is 10.4. The van der Waals surface area contributed by atoms with Gasteiger partial charge in [-0.3, -0.25) is 5.32 Å². The third kappa shape index (κ3) is 8.13. The van der Waals surface area contributed by atoms with Crippen LogP contribution in [0.1, 0.15) is 34.6 Å². The van der Waals surface area contributed by atoms with Gasteiger partial charge in [0.15, 0.2) is 0 Å². The average Bonchev–Trinajstić information content (AvgIpc) is 2.10. The van der Waals surface area contributed by atoms with Gasteiger partial charge in [-0.1, -0.05) is 5.92 Å². The molecule has 0 unspecified atom stereocenters. The van der Waals surface area contributed by atoms with E-state index in [-0.39, 0.29) is 5.54 Å². The summed E-state index contributed by atoms with van der Waals surface area (Å²) in [5, 5.41) is 5.76. The lowest BCUT2D eigenvalue weighted by Gasteiger charge is -2.21. The van der Waals surface area contributed by atoms with Crippen LogP contribution in [0.2, 0.25) is 0 Å². The third-order valence-corrected chi connectivity index (χ3v) is 1.72. The van der Waals surface area contributed by atoms with Gasteiger partial charge in [0.2, 0.25) is 0 Å². The minimum Gasteiger partial charge on any atom is -0.444 e. The van der Waals surface area contributed by atoms with Crippen molar-refractivity contribution in [2.24, 2.45) is 0 Å². The van der Waals surface area contributed by atoms with Gasteiger partial charge in [-0.25, -0.2) is 4.79 Å². The van der Waals surface area contributed by atoms with Gasteiger partial charge in [0.05, 0.1) is 5.54 Å². The first-order chi connectivity index (χ1) is 7.16. The van der Waals surface area contributed by atoms with E-state index < -0.39 is 11.7 Å². The lowest BCUT2D eigenvalue weighted by molar-refractivity contribution is 0.0527. The molecule has 0 radical (unpaired) electrons. The van der Waals surface area contributed by atoms with Crippen LogP contribution in [0.5, 0.6) is 0 Å². The van der Waals surface area contributed by atoms with Crippen molar-refractivity contribution in [1.29, 1.82) is 0 Å². The topological polar surface area (TPSA) is 50.4 Å². The highest BCUT2D eigenvalue weighted by molar-refractivity contribution is 5.67. The van der Waals surface area contributed by atoms with E-state index in [0.717, 1.165) is 0 Å². The number of rotatable bonds is 4. The zero-order valence-corrected chi connectivity index (χ0v) is 10.8. The van der Waals surface area contributed by atoms with Gasteiger partial charge in [0, 0.05) is 13.1 Å². The Morgan fingerprint density at radius 2 is 1.81 bits per heavy atom. The lowest BCUT2D eigenvalue weighted by Crippen LogP contribution is -2.43. The van der Waals surface area contributed by atoms with E-state index in [1.165, 1.54) is 0 Å². The molecule has 0 aromatic carbocycles. The van der Waals surface area contributed by atoms with E-state index in [9.17, 15) is 4.79 Å². The molecule has 0 fully saturated rings. The maximum atomic E-state index is 11.3. The largest absolute Gasteiger partial charge is 0.444 e. The van der Waals surface area contributed by atoms with Gasteiger partial charge >= 0.3 is 6.09 Å². The molecule has 0 aromatic rings. The molecule has 0 aliphatic heterocycles. The minimum absolute atomic E-state index is 0.352. The van der Waals surface area contributed by atoms with Gasteiger partial charge in [0.1, 0.15) is 5.60 Å². The van der Waals surface area contributed by atoms with E-state index in [2.05, 4.69) is 16.6 Å². The molecular formula is C12H22N2O2. The summed E-state index contributed by atoms with van der Waals surface area (Å²) in [5.74, 6) is 2.61. The van der Waals surface area contributed by atoms with E-state index in [1.807, 2.05) is 34.6 Å². The first kappa shape index (κ1) is 14.8. The Bertz CT molecular complexity index is 272. The standard InChI is InChI=1S/C12H22N2O2/c1-7-12(5,6)14-9-8-13-10(15)16-11(2,3)4/h1,14H,8-9H2,2-6H3,(H,13,15). The van der Waals surface area contributed by atoms with Gasteiger partial charge < -0.3 is 10.1 Å². The highest BCUT2D eigenvalue weighted by Gasteiger charge is 2.16. The predicted molar refractivity (Wildman–Crippen MR) is 65.2 cm³/mol. The lowest BCUT2D eigenvalue weighted by atomic mass is 10.1. The Morgan fingerprint density at radius 1 is 1.25 bits per heavy atom. The second-order valence-corrected chi connectivity index (χ2v) is 5.12. The summed E-state index contributed by atoms with van der Waals surface area (Å²) in [6.07, 6.45) is 4.90. The van der Waals surface area contributed by atoms with Crippen LogP contribution < -0.4 is 10.6 Å². The van der Waals surface area contributed by atoms with Crippen LogP contribution in [0, 0.1) is 12.3 Å². The average molecular weight is 226 g/mol. The first-order valence-electron chi connectivity index (χ1n) is 5.36. The molecule has 0 aliphatic carbocycles. The summed E-state index contributed by atoms with van der Waals surface area (Å²) in [7, 11) is 0. The highest BCUT2D eigenvalue weighted by Crippen LogP contribution is 2.06. The normalized spacial score (nSPS) is 11.8. The van der Waals surface area contributed by atoms with E-state index in [4.69, 9.17) is 11.2 Å². The van der Waals surface area contributed by atoms with Gasteiger partial charge in [-0.2, -0.15) is 0 Å². The number of nitrogens with one attached hydrogen (secondary N) is 2. The fourth-order valence-corrected chi connectivity index (χ4v) is 0.905. The van der Waals surface area contributed by atoms with Gasteiger partial charge in [0.25, 0.3) is 0 Å². The Morgan fingerprint density at radius 3 is 2.25 bits per heavy atom. The summed E-state index contributed by atoms with van der Waals surface area (Å²) >= 11 is 0. The number of ether oxygens (including phenoxy) is 1. The third-order valence-electron chi connectivity index (χ3n) is 1.72. The number of hydrogen-bond acceptors (Lipinski definition) is 3. The van der Waals surface area contributed by atoms with Crippen LogP contribution in [-0.2, 0) is 4.74 Å². The molecule has 0 bridgehead atoms. The number of carbonyl (C=O) groups is 1. The molecule has 92 valence electrons. The van der Waals surface area contributed by atoms with Crippen molar-refractivity contribution in [1.82, 2.24) is 10.6 Å². The Hall–Kier alpha value is -1.21. The minimum atomic E-state index is -0.463. The number of terminal acetylenes is 1. The molecule has 0 rings (SSSR count). The number of hydrogen-bond donors (Lipinski definition) is 2. The maximum absolute atomic E-state index is 11.3. The van der Waals surface area contributed by atoms with Crippen molar-refractivity contribution in [2.75, 3.05) is 13.1 Å². The molecule has 4 heteroatoms. The summed E-state index contributed by atoms with van der Waals surface area (Å²) in [6, 6.07) is 0. The molecule has 0 aliphatic rings. The molecule has 0 spiro atoms. The zero-order valence-electron chi connectivity index (χ0n) is 10.8. The number of alkyl carbamates (subject to hydrolysis) is 1. The van der Waals surface area contributed by atoms with Crippen LogP contribution in [0.4, 0.5) is 4.79 Å². The summed E-state index contributed by atoms with van der Waals surface area (Å²) in [4.78, 5) is 11.3. The van der Waals surface area contributed by atoms with Crippen LogP contribution in [0.15, 0.2) is 0 Å². The van der Waals surface area contributed by atoms with Crippen molar-refractivity contribution < 1.29 is 9.53 Å². The molecule has 0 aromatic heterocycles. The quantitative estimate of drug-likeness (QED) is 0.564. The molecule has 0 saturated heterocycles.